The minimum Gasteiger partial charge on any atom is -0.349 e. The van der Waals surface area contributed by atoms with Crippen molar-refractivity contribution in [1.29, 1.82) is 0 Å². The maximum absolute atomic E-state index is 12.3. The van der Waals surface area contributed by atoms with Crippen molar-refractivity contribution in [3.63, 3.8) is 0 Å². The lowest BCUT2D eigenvalue weighted by Gasteiger charge is -2.15. The fraction of sp³-hybridized carbons (Fsp3) is 0.136. The number of hydrogen-bond donors (Lipinski definition) is 1. The van der Waals surface area contributed by atoms with Gasteiger partial charge in [0.15, 0.2) is 0 Å². The van der Waals surface area contributed by atoms with Gasteiger partial charge in [0, 0.05) is 0 Å². The Morgan fingerprint density at radius 2 is 1.54 bits per heavy atom. The first-order chi connectivity index (χ1) is 12.5. The average Bonchev–Trinajstić information content (AvgIpc) is 2.65. The summed E-state index contributed by atoms with van der Waals surface area (Å²) in [7, 11) is 0. The highest BCUT2D eigenvalue weighted by Gasteiger charge is 2.11. The first-order valence-corrected chi connectivity index (χ1v) is 9.17. The Kier molecular flexibility index (Phi) is 5.97. The van der Waals surface area contributed by atoms with Gasteiger partial charge in [0.25, 0.3) is 0 Å². The molecule has 0 unspecified atom stereocenters. The maximum atomic E-state index is 12.3. The molecular weight excluding hydrogens is 365 g/mol. The highest BCUT2D eigenvalue weighted by Crippen LogP contribution is 2.24. The molecule has 0 bridgehead atoms. The molecule has 0 aromatic heterocycles. The molecule has 0 radical (unpaired) electrons. The van der Waals surface area contributed by atoms with Crippen molar-refractivity contribution in [2.24, 2.45) is 0 Å². The maximum Gasteiger partial charge on any atom is 0.224 e. The van der Waals surface area contributed by atoms with Crippen LogP contribution in [0.15, 0.2) is 72.8 Å². The number of nitrogens with one attached hydrogen (secondary N) is 1. The molecule has 3 aromatic carbocycles. The lowest BCUT2D eigenvalue weighted by atomic mass is 10.0. The highest BCUT2D eigenvalue weighted by molar-refractivity contribution is 6.42. The van der Waals surface area contributed by atoms with Crippen molar-refractivity contribution >= 4 is 29.1 Å². The zero-order valence-electron chi connectivity index (χ0n) is 14.4. The van der Waals surface area contributed by atoms with E-state index in [1.807, 2.05) is 43.3 Å². The lowest BCUT2D eigenvalue weighted by Crippen LogP contribution is -2.28. The van der Waals surface area contributed by atoms with Crippen LogP contribution >= 0.6 is 23.2 Å². The van der Waals surface area contributed by atoms with Gasteiger partial charge in [-0.15, -0.1) is 0 Å². The first-order valence-electron chi connectivity index (χ1n) is 8.41. The third-order valence-electron chi connectivity index (χ3n) is 4.24. The number of amides is 1. The number of rotatable bonds is 5. The van der Waals surface area contributed by atoms with Crippen LogP contribution in [0.1, 0.15) is 24.1 Å². The third-order valence-corrected chi connectivity index (χ3v) is 4.98. The quantitative estimate of drug-likeness (QED) is 0.568. The molecule has 0 fully saturated rings. The molecule has 0 aliphatic carbocycles. The molecule has 0 saturated heterocycles. The summed E-state index contributed by atoms with van der Waals surface area (Å²) in [6, 6.07) is 23.6. The van der Waals surface area contributed by atoms with Crippen LogP contribution in [0.3, 0.4) is 0 Å². The summed E-state index contributed by atoms with van der Waals surface area (Å²) >= 11 is 11.9. The van der Waals surface area contributed by atoms with Gasteiger partial charge >= 0.3 is 0 Å². The first kappa shape index (κ1) is 18.5. The van der Waals surface area contributed by atoms with Crippen LogP contribution in [0.2, 0.25) is 10.0 Å². The summed E-state index contributed by atoms with van der Waals surface area (Å²) in [6.07, 6.45) is 0.267. The number of carbonyl (C=O) groups excluding carboxylic acids is 1. The second-order valence-electron chi connectivity index (χ2n) is 6.20. The summed E-state index contributed by atoms with van der Waals surface area (Å²) in [5.41, 5.74) is 4.23. The van der Waals surface area contributed by atoms with Crippen LogP contribution in [0, 0.1) is 0 Å². The standard InChI is InChI=1S/C22H19Cl2NO/c1-15(25-22(26)14-16-7-12-20(23)21(24)13-16)17-8-10-19(11-9-17)18-5-3-2-4-6-18/h2-13,15H,14H2,1H3,(H,25,26)/t15-/m1/s1. The zero-order chi connectivity index (χ0) is 18.5. The predicted octanol–water partition coefficient (Wildman–Crippen LogP) is 6.08. The monoisotopic (exact) mass is 383 g/mol. The van der Waals surface area contributed by atoms with Crippen molar-refractivity contribution in [2.45, 2.75) is 19.4 Å². The van der Waals surface area contributed by atoms with E-state index in [9.17, 15) is 4.79 Å². The fourth-order valence-electron chi connectivity index (χ4n) is 2.81. The number of benzene rings is 3. The second-order valence-corrected chi connectivity index (χ2v) is 7.02. The van der Waals surface area contributed by atoms with E-state index < -0.39 is 0 Å². The smallest absolute Gasteiger partial charge is 0.224 e. The molecule has 0 heterocycles. The zero-order valence-corrected chi connectivity index (χ0v) is 15.9. The van der Waals surface area contributed by atoms with Crippen LogP contribution in [0.25, 0.3) is 11.1 Å². The Hall–Kier alpha value is -2.29. The third kappa shape index (κ3) is 4.66. The van der Waals surface area contributed by atoms with Crippen LogP contribution < -0.4 is 5.32 Å². The summed E-state index contributed by atoms with van der Waals surface area (Å²) in [6.45, 7) is 1.98. The summed E-state index contributed by atoms with van der Waals surface area (Å²) in [5, 5.41) is 3.97. The van der Waals surface area contributed by atoms with Crippen molar-refractivity contribution in [3.05, 3.63) is 94.0 Å². The number of carbonyl (C=O) groups is 1. The summed E-state index contributed by atoms with van der Waals surface area (Å²) in [4.78, 5) is 12.3. The Balaban J connectivity index is 1.63. The van der Waals surface area contributed by atoms with Gasteiger partial charge in [0.05, 0.1) is 22.5 Å². The second kappa shape index (κ2) is 8.39. The SMILES string of the molecule is C[C@@H](NC(=O)Cc1ccc(Cl)c(Cl)c1)c1ccc(-c2ccccc2)cc1. The summed E-state index contributed by atoms with van der Waals surface area (Å²) < 4.78 is 0. The van der Waals surface area contributed by atoms with Gasteiger partial charge in [-0.3, -0.25) is 4.79 Å². The molecule has 1 N–H and O–H groups in total. The molecule has 3 rings (SSSR count). The minimum absolute atomic E-state index is 0.0528. The van der Waals surface area contributed by atoms with E-state index in [1.54, 1.807) is 12.1 Å². The Labute approximate surface area is 163 Å². The molecule has 0 saturated carbocycles. The molecule has 0 aliphatic heterocycles. The average molecular weight is 384 g/mol. The highest BCUT2D eigenvalue weighted by atomic mass is 35.5. The van der Waals surface area contributed by atoms with Crippen LogP contribution in [0.5, 0.6) is 0 Å². The van der Waals surface area contributed by atoms with Crippen molar-refractivity contribution < 1.29 is 4.79 Å². The van der Waals surface area contributed by atoms with Crippen molar-refractivity contribution in [1.82, 2.24) is 5.32 Å². The predicted molar refractivity (Wildman–Crippen MR) is 109 cm³/mol. The topological polar surface area (TPSA) is 29.1 Å². The van der Waals surface area contributed by atoms with E-state index in [0.29, 0.717) is 10.0 Å². The normalized spacial score (nSPS) is 11.8. The van der Waals surface area contributed by atoms with Crippen LogP contribution in [0.4, 0.5) is 0 Å². The number of hydrogen-bond acceptors (Lipinski definition) is 1. The Morgan fingerprint density at radius 1 is 0.885 bits per heavy atom. The van der Waals surface area contributed by atoms with Gasteiger partial charge in [0.2, 0.25) is 5.91 Å². The molecule has 4 heteroatoms. The molecule has 0 spiro atoms. The molecule has 132 valence electrons. The van der Waals surface area contributed by atoms with Crippen molar-refractivity contribution in [3.8, 4) is 11.1 Å². The lowest BCUT2D eigenvalue weighted by molar-refractivity contribution is -0.121. The molecular formula is C22H19Cl2NO. The van der Waals surface area contributed by atoms with Gasteiger partial charge < -0.3 is 5.32 Å². The van der Waals surface area contributed by atoms with E-state index in [-0.39, 0.29) is 18.4 Å². The van der Waals surface area contributed by atoms with E-state index in [0.717, 1.165) is 16.7 Å². The fourth-order valence-corrected chi connectivity index (χ4v) is 3.13. The molecule has 26 heavy (non-hydrogen) atoms. The Morgan fingerprint density at radius 3 is 2.19 bits per heavy atom. The van der Waals surface area contributed by atoms with Crippen LogP contribution in [-0.4, -0.2) is 5.91 Å². The van der Waals surface area contributed by atoms with Gasteiger partial charge in [-0.1, -0.05) is 83.9 Å². The van der Waals surface area contributed by atoms with Crippen LogP contribution in [-0.2, 0) is 11.2 Å². The number of halogens is 2. The van der Waals surface area contributed by atoms with Gasteiger partial charge in [-0.2, -0.15) is 0 Å². The van der Waals surface area contributed by atoms with E-state index in [4.69, 9.17) is 23.2 Å². The van der Waals surface area contributed by atoms with E-state index >= 15 is 0 Å². The van der Waals surface area contributed by atoms with Gasteiger partial charge in [-0.05, 0) is 41.3 Å². The summed E-state index contributed by atoms with van der Waals surface area (Å²) in [5.74, 6) is -0.0528. The molecule has 1 atom stereocenters. The largest absolute Gasteiger partial charge is 0.349 e. The molecule has 3 aromatic rings. The van der Waals surface area contributed by atoms with Gasteiger partial charge in [-0.25, -0.2) is 0 Å². The van der Waals surface area contributed by atoms with E-state index in [1.165, 1.54) is 5.56 Å². The van der Waals surface area contributed by atoms with E-state index in [2.05, 4.69) is 29.6 Å². The molecule has 2 nitrogen and oxygen atoms in total. The minimum atomic E-state index is -0.0740. The Bertz CT molecular complexity index is 892. The van der Waals surface area contributed by atoms with Gasteiger partial charge in [0.1, 0.15) is 0 Å². The molecule has 0 aliphatic rings. The molecule has 1 amide bonds. The van der Waals surface area contributed by atoms with Crippen molar-refractivity contribution in [2.75, 3.05) is 0 Å².